The van der Waals surface area contributed by atoms with E-state index in [9.17, 15) is 36.3 Å². The van der Waals surface area contributed by atoms with E-state index in [2.05, 4.69) is 5.32 Å². The van der Waals surface area contributed by atoms with Crippen LogP contribution in [0.1, 0.15) is 24.4 Å². The summed E-state index contributed by atoms with van der Waals surface area (Å²) in [4.78, 5) is 40.7. The standard InChI is InChI=1S/C25H24F5N3O4/c1-37-20(21(34)31-13-24(26,27)25(28,29)30)22(35)32-19-17-8-3-2-6-15(17)16-7-4-5-9-18(16)33(23(19)36)12-14-10-11-14/h2-9,14,19-20H,10-13H2,1H3,(H,31,34)(H,32,35). The van der Waals surface area contributed by atoms with Crippen molar-refractivity contribution >= 4 is 23.4 Å². The lowest BCUT2D eigenvalue weighted by atomic mass is 9.95. The molecule has 7 nitrogen and oxygen atoms in total. The van der Waals surface area contributed by atoms with Crippen molar-refractivity contribution in [2.75, 3.05) is 25.1 Å². The molecule has 1 fully saturated rings. The predicted octanol–water partition coefficient (Wildman–Crippen LogP) is 3.60. The number of methoxy groups -OCH3 is 1. The van der Waals surface area contributed by atoms with E-state index in [-0.39, 0.29) is 0 Å². The van der Waals surface area contributed by atoms with Crippen molar-refractivity contribution in [3.8, 4) is 11.1 Å². The number of ether oxygens (including phenoxy) is 1. The van der Waals surface area contributed by atoms with E-state index >= 15 is 0 Å². The van der Waals surface area contributed by atoms with E-state index in [1.54, 1.807) is 41.3 Å². The lowest BCUT2D eigenvalue weighted by Gasteiger charge is -2.27. The van der Waals surface area contributed by atoms with Gasteiger partial charge in [0.1, 0.15) is 6.04 Å². The minimum Gasteiger partial charge on any atom is -0.362 e. The number of rotatable bonds is 8. The third-order valence-corrected chi connectivity index (χ3v) is 6.31. The van der Waals surface area contributed by atoms with Gasteiger partial charge in [0, 0.05) is 19.2 Å². The second-order valence-corrected chi connectivity index (χ2v) is 8.97. The summed E-state index contributed by atoms with van der Waals surface area (Å²) in [6.07, 6.45) is -6.07. The molecule has 2 atom stereocenters. The van der Waals surface area contributed by atoms with Crippen molar-refractivity contribution in [1.29, 1.82) is 0 Å². The third-order valence-electron chi connectivity index (χ3n) is 6.31. The third kappa shape index (κ3) is 5.43. The molecule has 198 valence electrons. The lowest BCUT2D eigenvalue weighted by Crippen LogP contribution is -2.53. The number of hydrogen-bond acceptors (Lipinski definition) is 4. The van der Waals surface area contributed by atoms with Crippen LogP contribution in [0, 0.1) is 5.92 Å². The normalized spacial score (nSPS) is 18.4. The molecule has 4 rings (SSSR count). The van der Waals surface area contributed by atoms with E-state index in [1.165, 1.54) is 5.32 Å². The van der Waals surface area contributed by atoms with Crippen LogP contribution >= 0.6 is 0 Å². The van der Waals surface area contributed by atoms with Crippen LogP contribution in [-0.2, 0) is 19.1 Å². The molecule has 2 unspecified atom stereocenters. The average Bonchev–Trinajstić information content (AvgIpc) is 3.69. The van der Waals surface area contributed by atoms with Crippen LogP contribution in [-0.4, -0.2) is 56.1 Å². The van der Waals surface area contributed by atoms with Gasteiger partial charge in [-0.1, -0.05) is 42.5 Å². The van der Waals surface area contributed by atoms with Gasteiger partial charge in [0.25, 0.3) is 17.7 Å². The van der Waals surface area contributed by atoms with Crippen LogP contribution in [0.5, 0.6) is 0 Å². The molecule has 2 aromatic carbocycles. The molecule has 0 bridgehead atoms. The van der Waals surface area contributed by atoms with Gasteiger partial charge in [-0.15, -0.1) is 0 Å². The van der Waals surface area contributed by atoms with Crippen LogP contribution in [0.3, 0.4) is 0 Å². The largest absolute Gasteiger partial charge is 0.455 e. The van der Waals surface area contributed by atoms with Crippen LogP contribution in [0.4, 0.5) is 27.6 Å². The Bertz CT molecular complexity index is 1200. The van der Waals surface area contributed by atoms with Crippen LogP contribution in [0.25, 0.3) is 11.1 Å². The minimum atomic E-state index is -5.89. The maximum atomic E-state index is 13.8. The molecule has 0 aromatic heterocycles. The Hall–Kier alpha value is -3.54. The number of fused-ring (bicyclic) bond motifs is 3. The van der Waals surface area contributed by atoms with Crippen molar-refractivity contribution in [3.05, 3.63) is 54.1 Å². The number of hydrogen-bond donors (Lipinski definition) is 2. The summed E-state index contributed by atoms with van der Waals surface area (Å²) in [6, 6.07) is 12.8. The van der Waals surface area contributed by atoms with Crippen LogP contribution in [0.15, 0.2) is 48.5 Å². The molecular weight excluding hydrogens is 501 g/mol. The molecule has 1 aliphatic heterocycles. The number of nitrogens with zero attached hydrogens (tertiary/aromatic N) is 1. The van der Waals surface area contributed by atoms with Gasteiger partial charge < -0.3 is 20.3 Å². The maximum Gasteiger partial charge on any atom is 0.455 e. The molecule has 2 aliphatic rings. The van der Waals surface area contributed by atoms with Gasteiger partial charge in [0.15, 0.2) is 0 Å². The van der Waals surface area contributed by atoms with E-state index in [0.717, 1.165) is 25.5 Å². The van der Waals surface area contributed by atoms with Crippen LogP contribution in [0.2, 0.25) is 0 Å². The molecule has 12 heteroatoms. The summed E-state index contributed by atoms with van der Waals surface area (Å²) in [7, 11) is 0.920. The van der Waals surface area contributed by atoms with Gasteiger partial charge in [0.2, 0.25) is 6.10 Å². The Morgan fingerprint density at radius 2 is 1.62 bits per heavy atom. The number of anilines is 1. The summed E-state index contributed by atoms with van der Waals surface area (Å²) < 4.78 is 68.6. The summed E-state index contributed by atoms with van der Waals surface area (Å²) >= 11 is 0. The van der Waals surface area contributed by atoms with E-state index in [1.807, 2.05) is 12.1 Å². The van der Waals surface area contributed by atoms with Gasteiger partial charge in [0.05, 0.1) is 12.2 Å². The van der Waals surface area contributed by atoms with Gasteiger partial charge in [-0.25, -0.2) is 0 Å². The number of carbonyl (C=O) groups is 3. The first-order chi connectivity index (χ1) is 17.4. The Labute approximate surface area is 209 Å². The number of alkyl halides is 5. The second-order valence-electron chi connectivity index (χ2n) is 8.97. The number of para-hydroxylation sites is 1. The number of carbonyl (C=O) groups excluding carboxylic acids is 3. The topological polar surface area (TPSA) is 87.7 Å². The van der Waals surface area contributed by atoms with Crippen molar-refractivity contribution in [3.63, 3.8) is 0 Å². The minimum absolute atomic E-state index is 0.294. The highest BCUT2D eigenvalue weighted by Crippen LogP contribution is 2.42. The molecule has 0 spiro atoms. The van der Waals surface area contributed by atoms with Gasteiger partial charge in [-0.2, -0.15) is 22.0 Å². The summed E-state index contributed by atoms with van der Waals surface area (Å²) in [5, 5.41) is 3.87. The fourth-order valence-electron chi connectivity index (χ4n) is 4.17. The number of halogens is 5. The summed E-state index contributed by atoms with van der Waals surface area (Å²) in [6.45, 7) is -1.66. The van der Waals surface area contributed by atoms with E-state index < -0.39 is 48.5 Å². The summed E-state index contributed by atoms with van der Waals surface area (Å²) in [5.74, 6) is -8.06. The monoisotopic (exact) mass is 525 g/mol. The first-order valence-electron chi connectivity index (χ1n) is 11.5. The Morgan fingerprint density at radius 3 is 2.24 bits per heavy atom. The van der Waals surface area contributed by atoms with Crippen LogP contribution < -0.4 is 15.5 Å². The molecule has 37 heavy (non-hydrogen) atoms. The lowest BCUT2D eigenvalue weighted by molar-refractivity contribution is -0.278. The fraction of sp³-hybridized carbons (Fsp3) is 0.400. The van der Waals surface area contributed by atoms with Gasteiger partial charge in [-0.3, -0.25) is 14.4 Å². The molecule has 0 radical (unpaired) electrons. The zero-order valence-electron chi connectivity index (χ0n) is 19.6. The van der Waals surface area contributed by atoms with Crippen molar-refractivity contribution in [2.45, 2.75) is 37.1 Å². The highest BCUT2D eigenvalue weighted by molar-refractivity contribution is 6.09. The molecule has 1 saturated carbocycles. The summed E-state index contributed by atoms with van der Waals surface area (Å²) in [5.41, 5.74) is 2.52. The highest BCUT2D eigenvalue weighted by Gasteiger charge is 2.57. The van der Waals surface area contributed by atoms with E-state index in [0.29, 0.717) is 29.3 Å². The first kappa shape index (κ1) is 26.5. The quantitative estimate of drug-likeness (QED) is 0.408. The molecule has 2 N–H and O–H groups in total. The molecule has 1 heterocycles. The average molecular weight is 525 g/mol. The zero-order valence-corrected chi connectivity index (χ0v) is 19.6. The zero-order chi connectivity index (χ0) is 27.0. The van der Waals surface area contributed by atoms with E-state index in [4.69, 9.17) is 4.74 Å². The fourth-order valence-corrected chi connectivity index (χ4v) is 4.17. The molecular formula is C25H24F5N3O4. The van der Waals surface area contributed by atoms with Gasteiger partial charge >= 0.3 is 12.1 Å². The molecule has 3 amide bonds. The number of benzene rings is 2. The number of amides is 3. The second kappa shape index (κ2) is 10.1. The van der Waals surface area contributed by atoms with Gasteiger partial charge in [-0.05, 0) is 36.0 Å². The van der Waals surface area contributed by atoms with Crippen molar-refractivity contribution < 1.29 is 41.1 Å². The first-order valence-corrected chi connectivity index (χ1v) is 11.5. The smallest absolute Gasteiger partial charge is 0.362 e. The highest BCUT2D eigenvalue weighted by atomic mass is 19.4. The SMILES string of the molecule is COC(C(=O)NCC(F)(F)C(F)(F)F)C(=O)NC1C(=O)N(CC2CC2)c2ccccc2-c2ccccc21. The van der Waals surface area contributed by atoms with Crippen molar-refractivity contribution in [1.82, 2.24) is 10.6 Å². The Kier molecular flexibility index (Phi) is 7.22. The molecule has 2 aromatic rings. The maximum absolute atomic E-state index is 13.8. The Balaban J connectivity index is 1.61. The Morgan fingerprint density at radius 1 is 1.00 bits per heavy atom. The molecule has 1 aliphatic carbocycles. The molecule has 0 saturated heterocycles. The van der Waals surface area contributed by atoms with Crippen molar-refractivity contribution in [2.24, 2.45) is 5.92 Å². The number of nitrogens with one attached hydrogen (secondary N) is 2. The predicted molar refractivity (Wildman–Crippen MR) is 123 cm³/mol.